The molecular formula is C53H102O6. The molecule has 0 heterocycles. The van der Waals surface area contributed by atoms with Crippen molar-refractivity contribution >= 4 is 17.9 Å². The molecule has 0 aliphatic rings. The minimum absolute atomic E-state index is 0.0643. The zero-order valence-corrected chi connectivity index (χ0v) is 40.4. The Morgan fingerprint density at radius 2 is 0.559 bits per heavy atom. The summed E-state index contributed by atoms with van der Waals surface area (Å²) in [4.78, 5) is 37.8. The van der Waals surface area contributed by atoms with Gasteiger partial charge in [-0.15, -0.1) is 0 Å². The highest BCUT2D eigenvalue weighted by molar-refractivity contribution is 5.71. The SMILES string of the molecule is CCCCCCCCCCCCC(=O)OC[C@@H](COC(=O)CCCCCCCCCC(C)C)OC(=O)CCCCCCCCCCCCCCCCCCCCC(C)C. The van der Waals surface area contributed by atoms with Crippen LogP contribution in [0.5, 0.6) is 0 Å². The first-order chi connectivity index (χ1) is 28.7. The lowest BCUT2D eigenvalue weighted by Crippen LogP contribution is -2.30. The molecule has 350 valence electrons. The van der Waals surface area contributed by atoms with Gasteiger partial charge in [0.1, 0.15) is 13.2 Å². The Labute approximate surface area is 368 Å². The largest absolute Gasteiger partial charge is 0.462 e. The van der Waals surface area contributed by atoms with E-state index < -0.39 is 6.10 Å². The fourth-order valence-corrected chi connectivity index (χ4v) is 7.99. The molecule has 0 unspecified atom stereocenters. The average molecular weight is 835 g/mol. The van der Waals surface area contributed by atoms with Crippen LogP contribution in [-0.2, 0) is 28.6 Å². The quantitative estimate of drug-likeness (QED) is 0.0345. The van der Waals surface area contributed by atoms with Gasteiger partial charge < -0.3 is 14.2 Å². The van der Waals surface area contributed by atoms with Crippen molar-refractivity contribution in [3.63, 3.8) is 0 Å². The van der Waals surface area contributed by atoms with Crippen molar-refractivity contribution in [2.75, 3.05) is 13.2 Å². The van der Waals surface area contributed by atoms with Crippen molar-refractivity contribution < 1.29 is 28.6 Å². The standard InChI is InChI=1S/C53H102O6/c1-6-7-8-9-10-11-23-28-33-38-43-51(54)57-46-50(47-58-52(55)44-39-34-30-25-27-32-37-42-49(4)5)59-53(56)45-40-35-29-24-21-19-17-15-13-12-14-16-18-20-22-26-31-36-41-48(2)3/h48-50H,6-47H2,1-5H3/t50-/m0/s1. The first-order valence-electron chi connectivity index (χ1n) is 26.2. The fourth-order valence-electron chi connectivity index (χ4n) is 7.99. The van der Waals surface area contributed by atoms with Crippen molar-refractivity contribution in [3.8, 4) is 0 Å². The number of hydrogen-bond acceptors (Lipinski definition) is 6. The van der Waals surface area contributed by atoms with Crippen molar-refractivity contribution in [1.82, 2.24) is 0 Å². The first kappa shape index (κ1) is 57.4. The molecule has 0 spiro atoms. The summed E-state index contributed by atoms with van der Waals surface area (Å²) in [7, 11) is 0. The van der Waals surface area contributed by atoms with Gasteiger partial charge in [0.25, 0.3) is 0 Å². The lowest BCUT2D eigenvalue weighted by molar-refractivity contribution is -0.167. The Bertz CT molecular complexity index is 900. The number of carbonyl (C=O) groups excluding carboxylic acids is 3. The number of ether oxygens (including phenoxy) is 3. The molecule has 6 nitrogen and oxygen atoms in total. The molecule has 59 heavy (non-hydrogen) atoms. The zero-order valence-electron chi connectivity index (χ0n) is 40.4. The van der Waals surface area contributed by atoms with Gasteiger partial charge in [0.2, 0.25) is 0 Å². The van der Waals surface area contributed by atoms with Gasteiger partial charge in [0, 0.05) is 19.3 Å². The smallest absolute Gasteiger partial charge is 0.306 e. The van der Waals surface area contributed by atoms with Crippen LogP contribution in [0.15, 0.2) is 0 Å². The lowest BCUT2D eigenvalue weighted by atomic mass is 10.0. The summed E-state index contributed by atoms with van der Waals surface area (Å²) in [5.41, 5.74) is 0. The molecule has 0 rings (SSSR count). The minimum atomic E-state index is -0.761. The highest BCUT2D eigenvalue weighted by atomic mass is 16.6. The molecule has 0 amide bonds. The normalized spacial score (nSPS) is 12.1. The third-order valence-corrected chi connectivity index (χ3v) is 12.0. The van der Waals surface area contributed by atoms with E-state index in [0.29, 0.717) is 19.3 Å². The first-order valence-corrected chi connectivity index (χ1v) is 26.2. The van der Waals surface area contributed by atoms with E-state index in [0.717, 1.165) is 69.6 Å². The molecule has 0 aliphatic heterocycles. The van der Waals surface area contributed by atoms with Crippen molar-refractivity contribution in [3.05, 3.63) is 0 Å². The van der Waals surface area contributed by atoms with Crippen LogP contribution in [0.1, 0.15) is 291 Å². The summed E-state index contributed by atoms with van der Waals surface area (Å²) in [6.45, 7) is 11.3. The molecule has 6 heteroatoms. The summed E-state index contributed by atoms with van der Waals surface area (Å²) in [5, 5.41) is 0. The van der Waals surface area contributed by atoms with Crippen LogP contribution in [0, 0.1) is 11.8 Å². The topological polar surface area (TPSA) is 78.9 Å². The maximum Gasteiger partial charge on any atom is 0.306 e. The number of esters is 3. The molecule has 0 aromatic heterocycles. The number of rotatable bonds is 47. The van der Waals surface area contributed by atoms with Crippen molar-refractivity contribution in [1.29, 1.82) is 0 Å². The molecule has 0 aromatic rings. The number of hydrogen-bond donors (Lipinski definition) is 0. The minimum Gasteiger partial charge on any atom is -0.462 e. The molecule has 1 atom stereocenters. The molecule has 0 saturated carbocycles. The highest BCUT2D eigenvalue weighted by Crippen LogP contribution is 2.17. The van der Waals surface area contributed by atoms with E-state index in [1.54, 1.807) is 0 Å². The molecule has 0 aliphatic carbocycles. The van der Waals surface area contributed by atoms with E-state index >= 15 is 0 Å². The van der Waals surface area contributed by atoms with Gasteiger partial charge in [0.05, 0.1) is 0 Å². The highest BCUT2D eigenvalue weighted by Gasteiger charge is 2.19. The molecule has 0 fully saturated rings. The molecule has 0 saturated heterocycles. The second-order valence-electron chi connectivity index (χ2n) is 19.1. The van der Waals surface area contributed by atoms with E-state index in [1.807, 2.05) is 0 Å². The Hall–Kier alpha value is -1.59. The lowest BCUT2D eigenvalue weighted by Gasteiger charge is -2.18. The maximum absolute atomic E-state index is 12.8. The van der Waals surface area contributed by atoms with Gasteiger partial charge in [-0.1, -0.05) is 253 Å². The van der Waals surface area contributed by atoms with E-state index in [1.165, 1.54) is 180 Å². The van der Waals surface area contributed by atoms with E-state index in [2.05, 4.69) is 34.6 Å². The Morgan fingerprint density at radius 1 is 0.322 bits per heavy atom. The predicted octanol–water partition coefficient (Wildman–Crippen LogP) is 16.9. The van der Waals surface area contributed by atoms with Crippen molar-refractivity contribution in [2.45, 2.75) is 298 Å². The third kappa shape index (κ3) is 47.3. The summed E-state index contributed by atoms with van der Waals surface area (Å²) in [5.74, 6) is 0.788. The summed E-state index contributed by atoms with van der Waals surface area (Å²) >= 11 is 0. The number of unbranched alkanes of at least 4 members (excludes halogenated alkanes) is 32. The summed E-state index contributed by atoms with van der Waals surface area (Å²) in [6.07, 6.45) is 46.8. The van der Waals surface area contributed by atoms with Gasteiger partial charge in [-0.2, -0.15) is 0 Å². The van der Waals surface area contributed by atoms with E-state index in [4.69, 9.17) is 14.2 Å². The van der Waals surface area contributed by atoms with Gasteiger partial charge in [-0.3, -0.25) is 14.4 Å². The molecular weight excluding hydrogens is 733 g/mol. The van der Waals surface area contributed by atoms with E-state index in [9.17, 15) is 14.4 Å². The average Bonchev–Trinajstić information content (AvgIpc) is 3.20. The Morgan fingerprint density at radius 3 is 0.831 bits per heavy atom. The second-order valence-corrected chi connectivity index (χ2v) is 19.1. The second kappa shape index (κ2) is 45.9. The molecule has 0 N–H and O–H groups in total. The zero-order chi connectivity index (χ0) is 43.3. The van der Waals surface area contributed by atoms with Crippen LogP contribution >= 0.6 is 0 Å². The fraction of sp³-hybridized carbons (Fsp3) is 0.943. The van der Waals surface area contributed by atoms with Gasteiger partial charge in [-0.25, -0.2) is 0 Å². The van der Waals surface area contributed by atoms with Crippen LogP contribution in [0.3, 0.4) is 0 Å². The summed E-state index contributed by atoms with van der Waals surface area (Å²) < 4.78 is 16.8. The third-order valence-electron chi connectivity index (χ3n) is 12.0. The Kier molecular flexibility index (Phi) is 44.7. The Balaban J connectivity index is 4.19. The summed E-state index contributed by atoms with van der Waals surface area (Å²) in [6, 6.07) is 0. The maximum atomic E-state index is 12.8. The van der Waals surface area contributed by atoms with Crippen LogP contribution in [0.25, 0.3) is 0 Å². The van der Waals surface area contributed by atoms with Crippen LogP contribution in [0.4, 0.5) is 0 Å². The van der Waals surface area contributed by atoms with Gasteiger partial charge >= 0.3 is 17.9 Å². The predicted molar refractivity (Wildman–Crippen MR) is 252 cm³/mol. The van der Waals surface area contributed by atoms with Crippen LogP contribution < -0.4 is 0 Å². The molecule has 0 radical (unpaired) electrons. The van der Waals surface area contributed by atoms with Gasteiger partial charge in [-0.05, 0) is 31.1 Å². The molecule has 0 bridgehead atoms. The molecule has 0 aromatic carbocycles. The van der Waals surface area contributed by atoms with Gasteiger partial charge in [0.15, 0.2) is 6.10 Å². The van der Waals surface area contributed by atoms with E-state index in [-0.39, 0.29) is 31.1 Å². The monoisotopic (exact) mass is 835 g/mol. The van der Waals surface area contributed by atoms with Crippen LogP contribution in [-0.4, -0.2) is 37.2 Å². The number of carbonyl (C=O) groups is 3. The van der Waals surface area contributed by atoms with Crippen LogP contribution in [0.2, 0.25) is 0 Å². The van der Waals surface area contributed by atoms with Crippen molar-refractivity contribution in [2.24, 2.45) is 11.8 Å².